The highest BCUT2D eigenvalue weighted by Gasteiger charge is 2.40. The van der Waals surface area contributed by atoms with E-state index in [0.29, 0.717) is 69.2 Å². The Morgan fingerprint density at radius 3 is 1.40 bits per heavy atom. The first-order valence-electron chi connectivity index (χ1n) is 24.5. The quantitative estimate of drug-likeness (QED) is 0.0410. The number of benzene rings is 3. The van der Waals surface area contributed by atoms with Crippen molar-refractivity contribution in [2.24, 2.45) is 29.3 Å². The molecular formula is C52H64Cl4N10O9S2. The van der Waals surface area contributed by atoms with Crippen molar-refractivity contribution in [2.45, 2.75) is 65.5 Å². The topological polar surface area (TPSA) is 272 Å². The van der Waals surface area contributed by atoms with Gasteiger partial charge in [0.1, 0.15) is 12.1 Å². The van der Waals surface area contributed by atoms with Crippen molar-refractivity contribution in [3.05, 3.63) is 102 Å². The molecule has 0 radical (unpaired) electrons. The average molecular weight is 1180 g/mol. The Labute approximate surface area is 475 Å². The number of esters is 2. The summed E-state index contributed by atoms with van der Waals surface area (Å²) in [6.07, 6.45) is 1.77. The molecule has 3 aliphatic heterocycles. The molecule has 77 heavy (non-hydrogen) atoms. The van der Waals surface area contributed by atoms with E-state index in [0.717, 1.165) is 60.3 Å². The summed E-state index contributed by atoms with van der Waals surface area (Å²) in [7, 11) is 2.62. The van der Waals surface area contributed by atoms with Gasteiger partial charge in [-0.2, -0.15) is 0 Å². The van der Waals surface area contributed by atoms with Crippen LogP contribution >= 0.6 is 69.1 Å². The van der Waals surface area contributed by atoms with E-state index in [1.807, 2.05) is 28.0 Å². The zero-order chi connectivity index (χ0) is 55.5. The summed E-state index contributed by atoms with van der Waals surface area (Å²) in [5, 5.41) is 3.42. The number of amides is 4. The summed E-state index contributed by atoms with van der Waals surface area (Å²) in [6, 6.07) is 16.0. The molecule has 2 unspecified atom stereocenters. The number of nitrogens with zero attached hydrogens (tertiary/aromatic N) is 7. The Bertz CT molecular complexity index is 2890. The van der Waals surface area contributed by atoms with Gasteiger partial charge in [0.2, 0.25) is 11.8 Å². The molecule has 4 amide bonds. The van der Waals surface area contributed by atoms with E-state index in [-0.39, 0.29) is 56.3 Å². The third-order valence-corrected chi connectivity index (χ3v) is 16.4. The third kappa shape index (κ3) is 14.8. The van der Waals surface area contributed by atoms with Gasteiger partial charge in [-0.15, -0.1) is 22.7 Å². The van der Waals surface area contributed by atoms with Crippen LogP contribution in [0.15, 0.2) is 60.7 Å². The number of imide groups is 1. The standard InChI is InChI=1S/C30H30Cl2N4O5S.C22H28Cl2N4O3S.H4N2.H2O/c1-17(2)14-24-26(18-8-9-21(31)22(32)15-18)33-30(42-24)34-12-13-35(23(16-34)29(40)41-3)25(37)10-11-36-27(38)19-6-4-5-7-20(19)28(36)39;1-13(2)10-18-20(14-4-5-15(23)16(24)11-14)26-22(32-18)27-8-9-28(19(29)6-7-25)17(12-27)21(30)31-3;1-2;/h4-9,15,17,23H,10-14,16H2,1-3H3;4-5,11,13,17H,6-10,12,25H2,1-3H3;1-2H2;1H2. The minimum absolute atomic E-state index is 0. The predicted octanol–water partition coefficient (Wildman–Crippen LogP) is 7.04. The molecule has 8 rings (SSSR count). The second kappa shape index (κ2) is 28.4. The number of piperazine rings is 2. The minimum Gasteiger partial charge on any atom is -0.467 e. The fraction of sp³-hybridized carbons (Fsp3) is 0.423. The zero-order valence-corrected chi connectivity index (χ0v) is 48.2. The summed E-state index contributed by atoms with van der Waals surface area (Å²) >= 11 is 28.0. The minimum atomic E-state index is -0.871. The third-order valence-electron chi connectivity index (χ3n) is 12.6. The number of methoxy groups -OCH3 is 2. The van der Waals surface area contributed by atoms with E-state index in [1.54, 1.807) is 70.0 Å². The number of carbonyl (C=O) groups is 6. The molecule has 5 heterocycles. The number of halogens is 4. The lowest BCUT2D eigenvalue weighted by Crippen LogP contribution is -2.59. The summed E-state index contributed by atoms with van der Waals surface area (Å²) < 4.78 is 10.0. The lowest BCUT2D eigenvalue weighted by Gasteiger charge is -2.40. The monoisotopic (exact) mass is 1180 g/mol. The van der Waals surface area contributed by atoms with E-state index in [2.05, 4.69) is 39.4 Å². The number of hydrogen-bond donors (Lipinski definition) is 3. The number of ether oxygens (including phenoxy) is 2. The number of carbonyl (C=O) groups excluding carboxylic acids is 6. The fourth-order valence-corrected chi connectivity index (χ4v) is 12.2. The second-order valence-corrected chi connectivity index (χ2v) is 22.5. The number of hydrazine groups is 1. The van der Waals surface area contributed by atoms with E-state index in [1.165, 1.54) is 19.1 Å². The van der Waals surface area contributed by atoms with Gasteiger partial charge < -0.3 is 40.3 Å². The van der Waals surface area contributed by atoms with Gasteiger partial charge >= 0.3 is 11.9 Å². The Kier molecular flexibility index (Phi) is 23.0. The van der Waals surface area contributed by atoms with E-state index >= 15 is 0 Å². The zero-order valence-electron chi connectivity index (χ0n) is 43.5. The van der Waals surface area contributed by atoms with Gasteiger partial charge in [-0.3, -0.25) is 35.8 Å². The first-order chi connectivity index (χ1) is 36.3. The molecule has 2 aromatic heterocycles. The van der Waals surface area contributed by atoms with Crippen molar-refractivity contribution in [1.29, 1.82) is 0 Å². The van der Waals surface area contributed by atoms with Crippen LogP contribution in [0, 0.1) is 11.8 Å². The maximum absolute atomic E-state index is 13.4. The largest absolute Gasteiger partial charge is 0.467 e. The predicted molar refractivity (Wildman–Crippen MR) is 304 cm³/mol. The lowest BCUT2D eigenvalue weighted by atomic mass is 10.0. The molecule has 3 aliphatic rings. The Morgan fingerprint density at radius 2 is 1.04 bits per heavy atom. The van der Waals surface area contributed by atoms with Crippen LogP contribution in [-0.4, -0.2) is 144 Å². The average Bonchev–Trinajstić information content (AvgIpc) is 4.10. The number of nitrogens with two attached hydrogens (primary N) is 3. The molecule has 5 aromatic rings. The molecule has 2 saturated heterocycles. The maximum atomic E-state index is 13.4. The van der Waals surface area contributed by atoms with Gasteiger partial charge in [-0.1, -0.05) is 98.4 Å². The van der Waals surface area contributed by atoms with Gasteiger partial charge in [-0.25, -0.2) is 19.6 Å². The molecule has 416 valence electrons. The highest BCUT2D eigenvalue weighted by molar-refractivity contribution is 7.16. The van der Waals surface area contributed by atoms with Crippen molar-refractivity contribution in [2.75, 3.05) is 76.4 Å². The number of fused-ring (bicyclic) bond motifs is 1. The first kappa shape index (κ1) is 62.4. The van der Waals surface area contributed by atoms with Gasteiger partial charge in [0.25, 0.3) is 11.8 Å². The number of anilines is 2. The van der Waals surface area contributed by atoms with Crippen molar-refractivity contribution in [3.8, 4) is 22.5 Å². The molecular weight excluding hydrogens is 1110 g/mol. The highest BCUT2D eigenvalue weighted by Crippen LogP contribution is 2.40. The van der Waals surface area contributed by atoms with Crippen LogP contribution < -0.4 is 27.2 Å². The van der Waals surface area contributed by atoms with Crippen LogP contribution in [0.5, 0.6) is 0 Å². The molecule has 2 atom stereocenters. The molecule has 0 spiro atoms. The van der Waals surface area contributed by atoms with Crippen LogP contribution in [0.2, 0.25) is 20.1 Å². The van der Waals surface area contributed by atoms with E-state index < -0.39 is 35.8 Å². The molecule has 0 saturated carbocycles. The summed E-state index contributed by atoms with van der Waals surface area (Å²) in [4.78, 5) is 96.9. The van der Waals surface area contributed by atoms with Crippen molar-refractivity contribution < 1.29 is 43.7 Å². The Morgan fingerprint density at radius 1 is 0.636 bits per heavy atom. The van der Waals surface area contributed by atoms with Crippen LogP contribution in [0.25, 0.3) is 22.5 Å². The Balaban J connectivity index is 0.000000281. The molecule has 0 bridgehead atoms. The van der Waals surface area contributed by atoms with Crippen LogP contribution in [0.3, 0.4) is 0 Å². The summed E-state index contributed by atoms with van der Waals surface area (Å²) in [6.45, 7) is 10.9. The SMILES string of the molecule is COC(=O)C1CN(c2nc(-c3ccc(Cl)c(Cl)c3)c(CC(C)C)s2)CCN1C(=O)CCN.COC(=O)C1CN(c2nc(-c3ccc(Cl)c(Cl)c3)c(CC(C)C)s2)CCN1C(=O)CCN1C(=O)c2ccccc2C1=O.NN.O. The number of rotatable bonds is 15. The summed E-state index contributed by atoms with van der Waals surface area (Å²) in [5.41, 5.74) is 9.65. The van der Waals surface area contributed by atoms with Crippen LogP contribution in [-0.2, 0) is 41.5 Å². The molecule has 0 aliphatic carbocycles. The fourth-order valence-electron chi connectivity index (χ4n) is 8.95. The number of aromatic nitrogens is 2. The molecule has 2 fully saturated rings. The van der Waals surface area contributed by atoms with Crippen molar-refractivity contribution in [3.63, 3.8) is 0 Å². The lowest BCUT2D eigenvalue weighted by molar-refractivity contribution is -0.153. The van der Waals surface area contributed by atoms with Crippen molar-refractivity contribution >= 4 is 115 Å². The van der Waals surface area contributed by atoms with Gasteiger partial charge in [0, 0.05) is 73.0 Å². The van der Waals surface area contributed by atoms with E-state index in [9.17, 15) is 28.8 Å². The molecule has 19 nitrogen and oxygen atoms in total. The smallest absolute Gasteiger partial charge is 0.330 e. The highest BCUT2D eigenvalue weighted by atomic mass is 35.5. The van der Waals surface area contributed by atoms with Crippen LogP contribution in [0.1, 0.15) is 71.0 Å². The van der Waals surface area contributed by atoms with Gasteiger partial charge in [0.05, 0.1) is 69.9 Å². The molecule has 25 heteroatoms. The second-order valence-electron chi connectivity index (χ2n) is 18.7. The normalized spacial score (nSPS) is 16.1. The number of hydrogen-bond acceptors (Lipinski definition) is 17. The number of thiazole rings is 2. The van der Waals surface area contributed by atoms with Crippen LogP contribution in [0.4, 0.5) is 10.3 Å². The molecule has 3 aromatic carbocycles. The van der Waals surface area contributed by atoms with E-state index in [4.69, 9.17) is 71.6 Å². The van der Waals surface area contributed by atoms with Crippen molar-refractivity contribution in [1.82, 2.24) is 24.7 Å². The maximum Gasteiger partial charge on any atom is 0.330 e. The van der Waals surface area contributed by atoms with Gasteiger partial charge in [0.15, 0.2) is 10.3 Å². The van der Waals surface area contributed by atoms with Gasteiger partial charge in [-0.05, 0) is 61.1 Å². The summed E-state index contributed by atoms with van der Waals surface area (Å²) in [5.74, 6) is 6.53. The first-order valence-corrected chi connectivity index (χ1v) is 27.6. The Hall–Kier alpha value is -5.46. The molecule has 8 N–H and O–H groups in total.